The van der Waals surface area contributed by atoms with Gasteiger partial charge in [0.05, 0.1) is 10.6 Å². The summed E-state index contributed by atoms with van der Waals surface area (Å²) in [6.07, 6.45) is -0.0542. The minimum Gasteiger partial charge on any atom is -0.478 e. The maximum atomic E-state index is 13.4. The van der Waals surface area contributed by atoms with Crippen LogP contribution in [0.4, 0.5) is 23.4 Å². The van der Waals surface area contributed by atoms with Crippen LogP contribution in [0.25, 0.3) is 0 Å². The minimum atomic E-state index is -4.49. The molecule has 1 unspecified atom stereocenters. The van der Waals surface area contributed by atoms with Gasteiger partial charge in [0, 0.05) is 30.4 Å². The summed E-state index contributed by atoms with van der Waals surface area (Å²) in [6, 6.07) is 7.14. The summed E-state index contributed by atoms with van der Waals surface area (Å²) in [5, 5.41) is 4.80. The van der Waals surface area contributed by atoms with Gasteiger partial charge in [-0.1, -0.05) is 11.6 Å². The molecule has 200 valence electrons. The van der Waals surface area contributed by atoms with Crippen molar-refractivity contribution < 1.29 is 31.9 Å². The van der Waals surface area contributed by atoms with E-state index in [-0.39, 0.29) is 40.4 Å². The Labute approximate surface area is 216 Å². The van der Waals surface area contributed by atoms with E-state index in [4.69, 9.17) is 16.3 Å². The van der Waals surface area contributed by atoms with Gasteiger partial charge in [-0.2, -0.15) is 13.2 Å². The number of rotatable bonds is 7. The predicted molar refractivity (Wildman–Crippen MR) is 129 cm³/mol. The van der Waals surface area contributed by atoms with Crippen molar-refractivity contribution in [2.45, 2.75) is 69.4 Å². The van der Waals surface area contributed by atoms with Crippen molar-refractivity contribution in [2.75, 3.05) is 11.4 Å². The van der Waals surface area contributed by atoms with E-state index in [2.05, 4.69) is 15.2 Å². The average Bonchev–Trinajstić information content (AvgIpc) is 3.09. The van der Waals surface area contributed by atoms with E-state index in [0.29, 0.717) is 18.7 Å². The predicted octanol–water partition coefficient (Wildman–Crippen LogP) is 4.64. The van der Waals surface area contributed by atoms with Crippen molar-refractivity contribution in [3.05, 3.63) is 52.9 Å². The summed E-state index contributed by atoms with van der Waals surface area (Å²) in [5.41, 5.74) is -1.17. The van der Waals surface area contributed by atoms with E-state index in [0.717, 1.165) is 12.8 Å². The molecule has 0 saturated carbocycles. The number of hydrogen-bond acceptors (Lipinski definition) is 5. The number of hydrogen-bond donors (Lipinski definition) is 2. The maximum absolute atomic E-state index is 13.4. The topological polar surface area (TPSA) is 83.6 Å². The molecule has 2 aliphatic heterocycles. The third-order valence-electron chi connectivity index (χ3n) is 6.60. The highest BCUT2D eigenvalue weighted by atomic mass is 35.5. The Morgan fingerprint density at radius 3 is 2.38 bits per heavy atom. The van der Waals surface area contributed by atoms with Crippen LogP contribution in [-0.2, 0) is 4.79 Å². The molecule has 3 atom stereocenters. The molecule has 1 aromatic heterocycles. The van der Waals surface area contributed by atoms with Gasteiger partial charge in [0.1, 0.15) is 23.9 Å². The molecule has 2 aliphatic rings. The molecule has 2 saturated heterocycles. The second kappa shape index (κ2) is 10.4. The number of anilines is 1. The first-order chi connectivity index (χ1) is 17.3. The lowest BCUT2D eigenvalue weighted by atomic mass is 9.96. The van der Waals surface area contributed by atoms with Gasteiger partial charge in [-0.05, 0) is 63.8 Å². The quantitative estimate of drug-likeness (QED) is 0.498. The third-order valence-corrected chi connectivity index (χ3v) is 6.89. The Kier molecular flexibility index (Phi) is 7.55. The molecule has 0 aliphatic carbocycles. The monoisotopic (exact) mass is 542 g/mol. The van der Waals surface area contributed by atoms with Crippen LogP contribution in [0.5, 0.6) is 5.75 Å². The van der Waals surface area contributed by atoms with E-state index in [9.17, 15) is 27.2 Å². The number of carbonyl (C=O) groups is 2. The highest BCUT2D eigenvalue weighted by Crippen LogP contribution is 2.39. The van der Waals surface area contributed by atoms with Gasteiger partial charge in [0.2, 0.25) is 0 Å². The van der Waals surface area contributed by atoms with Gasteiger partial charge >= 0.3 is 6.18 Å². The number of aromatic nitrogens is 1. The second-order valence-corrected chi connectivity index (χ2v) is 10.2. The fraction of sp³-hybridized carbons (Fsp3) is 0.480. The Bertz CT molecular complexity index is 1150. The molecule has 2 N–H and O–H groups in total. The van der Waals surface area contributed by atoms with E-state index < -0.39 is 30.0 Å². The van der Waals surface area contributed by atoms with Gasteiger partial charge in [0.25, 0.3) is 11.8 Å². The number of piperidine rings is 1. The van der Waals surface area contributed by atoms with Crippen molar-refractivity contribution in [1.29, 1.82) is 0 Å². The van der Waals surface area contributed by atoms with Crippen LogP contribution in [0.3, 0.4) is 0 Å². The molecule has 0 spiro atoms. The zero-order chi connectivity index (χ0) is 27.0. The molecule has 2 aromatic rings. The van der Waals surface area contributed by atoms with Crippen LogP contribution in [-0.4, -0.2) is 53.2 Å². The first-order valence-corrected chi connectivity index (χ1v) is 12.2. The number of nitrogens with zero attached hydrogens (tertiary/aromatic N) is 2. The third kappa shape index (κ3) is 6.44. The van der Waals surface area contributed by atoms with E-state index in [1.54, 1.807) is 19.9 Å². The smallest absolute Gasteiger partial charge is 0.405 e. The van der Waals surface area contributed by atoms with Gasteiger partial charge < -0.3 is 20.3 Å². The summed E-state index contributed by atoms with van der Waals surface area (Å²) in [6.45, 7) is 1.84. The number of halogens is 5. The van der Waals surface area contributed by atoms with Crippen molar-refractivity contribution in [2.24, 2.45) is 0 Å². The first-order valence-electron chi connectivity index (χ1n) is 11.9. The van der Waals surface area contributed by atoms with E-state index in [1.807, 2.05) is 5.32 Å². The SMILES string of the molecule is CC(C)(Oc1ccc(F)c(Cl)c1)C(=O)NC1C[C@H]2CC[C@@H](C1)N2c1ccc(C(=O)NCC(F)(F)F)cn1. The van der Waals surface area contributed by atoms with Gasteiger partial charge in [0.15, 0.2) is 5.60 Å². The van der Waals surface area contributed by atoms with Gasteiger partial charge in [-0.3, -0.25) is 9.59 Å². The molecular formula is C25H27ClF4N4O3. The van der Waals surface area contributed by atoms with E-state index >= 15 is 0 Å². The number of pyridine rings is 1. The van der Waals surface area contributed by atoms with Crippen molar-refractivity contribution in [3.8, 4) is 5.75 Å². The average molecular weight is 543 g/mol. The van der Waals surface area contributed by atoms with Crippen LogP contribution < -0.4 is 20.3 Å². The summed E-state index contributed by atoms with van der Waals surface area (Å²) in [7, 11) is 0. The zero-order valence-corrected chi connectivity index (χ0v) is 21.0. The molecule has 2 bridgehead atoms. The Hall–Kier alpha value is -3.08. The Morgan fingerprint density at radius 2 is 1.81 bits per heavy atom. The lowest BCUT2D eigenvalue weighted by Gasteiger charge is -2.40. The molecule has 7 nitrogen and oxygen atoms in total. The highest BCUT2D eigenvalue weighted by molar-refractivity contribution is 6.30. The van der Waals surface area contributed by atoms with Crippen LogP contribution in [0, 0.1) is 5.82 Å². The zero-order valence-electron chi connectivity index (χ0n) is 20.2. The number of alkyl halides is 3. The summed E-state index contributed by atoms with van der Waals surface area (Å²) < 4.78 is 56.3. The fourth-order valence-corrected chi connectivity index (χ4v) is 5.04. The number of benzene rings is 1. The molecule has 3 heterocycles. The van der Waals surface area contributed by atoms with Crippen LogP contribution in [0.1, 0.15) is 49.9 Å². The minimum absolute atomic E-state index is 0.0483. The highest BCUT2D eigenvalue weighted by Gasteiger charge is 2.43. The summed E-state index contributed by atoms with van der Waals surface area (Å²) in [5.74, 6) is -0.802. The van der Waals surface area contributed by atoms with Crippen molar-refractivity contribution in [3.63, 3.8) is 0 Å². The van der Waals surface area contributed by atoms with Crippen LogP contribution >= 0.6 is 11.6 Å². The maximum Gasteiger partial charge on any atom is 0.405 e. The Balaban J connectivity index is 1.35. The largest absolute Gasteiger partial charge is 0.478 e. The van der Waals surface area contributed by atoms with Gasteiger partial charge in [-0.15, -0.1) is 0 Å². The van der Waals surface area contributed by atoms with Crippen molar-refractivity contribution in [1.82, 2.24) is 15.6 Å². The first kappa shape index (κ1) is 27.0. The number of carbonyl (C=O) groups excluding carboxylic acids is 2. The number of ether oxygens (including phenoxy) is 1. The molecule has 1 aromatic carbocycles. The molecule has 12 heteroatoms. The molecule has 0 radical (unpaired) electrons. The molecule has 2 fully saturated rings. The number of fused-ring (bicyclic) bond motifs is 2. The fourth-order valence-electron chi connectivity index (χ4n) is 4.87. The number of nitrogens with one attached hydrogen (secondary N) is 2. The molecule has 2 amide bonds. The van der Waals surface area contributed by atoms with Gasteiger partial charge in [-0.25, -0.2) is 9.37 Å². The summed E-state index contributed by atoms with van der Waals surface area (Å²) >= 11 is 5.81. The van der Waals surface area contributed by atoms with Crippen LogP contribution in [0.15, 0.2) is 36.5 Å². The Morgan fingerprint density at radius 1 is 1.14 bits per heavy atom. The van der Waals surface area contributed by atoms with E-state index in [1.165, 1.54) is 30.5 Å². The standard InChI is InChI=1S/C25H27ClF4N4O3/c1-24(2,37-18-6-7-20(27)19(26)11-18)23(36)33-15-9-16-4-5-17(10-15)34(16)21-8-3-14(12-31-21)22(35)32-13-25(28,29)30/h3,6-8,11-12,15-17H,4-5,9-10,13H2,1-2H3,(H,32,35)(H,33,36)/t15?,16-,17+. The normalized spacial score (nSPS) is 21.5. The van der Waals surface area contributed by atoms with Crippen molar-refractivity contribution >= 4 is 29.2 Å². The lowest BCUT2D eigenvalue weighted by Crippen LogP contribution is -2.55. The molecule has 37 heavy (non-hydrogen) atoms. The summed E-state index contributed by atoms with van der Waals surface area (Å²) in [4.78, 5) is 31.5. The van der Waals surface area contributed by atoms with Crippen LogP contribution in [0.2, 0.25) is 5.02 Å². The molecular weight excluding hydrogens is 516 g/mol. The number of amides is 2. The lowest BCUT2D eigenvalue weighted by molar-refractivity contribution is -0.135. The second-order valence-electron chi connectivity index (χ2n) is 9.83. The molecule has 4 rings (SSSR count).